The van der Waals surface area contributed by atoms with Crippen molar-refractivity contribution in [2.75, 3.05) is 19.6 Å². The largest absolute Gasteiger partial charge is 0.506 e. The van der Waals surface area contributed by atoms with Crippen LogP contribution in [0, 0.1) is 17.7 Å². The van der Waals surface area contributed by atoms with E-state index in [1.807, 2.05) is 0 Å². The number of aliphatic hydroxyl groups is 2. The molecule has 1 aromatic heterocycles. The average Bonchev–Trinajstić information content (AvgIpc) is 3.11. The van der Waals surface area contributed by atoms with E-state index in [0.717, 1.165) is 31.5 Å². The molecular formula is C21H25FN2O3. The summed E-state index contributed by atoms with van der Waals surface area (Å²) in [5.41, 5.74) is 0.790. The monoisotopic (exact) mass is 372 g/mol. The lowest BCUT2D eigenvalue weighted by Crippen LogP contribution is -2.33. The average molecular weight is 372 g/mol. The minimum atomic E-state index is -0.726. The highest BCUT2D eigenvalue weighted by Gasteiger charge is 2.48. The van der Waals surface area contributed by atoms with Crippen LogP contribution in [0.3, 0.4) is 0 Å². The van der Waals surface area contributed by atoms with Gasteiger partial charge in [-0.1, -0.05) is 12.1 Å². The summed E-state index contributed by atoms with van der Waals surface area (Å²) < 4.78 is 13.1. The van der Waals surface area contributed by atoms with E-state index in [4.69, 9.17) is 0 Å². The van der Waals surface area contributed by atoms with Crippen LogP contribution in [0.5, 0.6) is 5.75 Å². The lowest BCUT2D eigenvalue weighted by atomic mass is 9.91. The third-order valence-corrected chi connectivity index (χ3v) is 5.93. The Morgan fingerprint density at radius 1 is 1.11 bits per heavy atom. The molecule has 1 saturated heterocycles. The molecule has 2 aromatic rings. The lowest BCUT2D eigenvalue weighted by molar-refractivity contribution is 0.0327. The van der Waals surface area contributed by atoms with E-state index in [0.29, 0.717) is 30.5 Å². The second-order valence-electron chi connectivity index (χ2n) is 8.13. The first-order chi connectivity index (χ1) is 12.9. The van der Waals surface area contributed by atoms with Gasteiger partial charge >= 0.3 is 0 Å². The Balaban J connectivity index is 1.32. The van der Waals surface area contributed by atoms with Gasteiger partial charge in [0.25, 0.3) is 0 Å². The first-order valence-corrected chi connectivity index (χ1v) is 9.42. The Morgan fingerprint density at radius 2 is 1.78 bits per heavy atom. The minimum absolute atomic E-state index is 0.0853. The molecule has 2 aliphatic rings. The van der Waals surface area contributed by atoms with Crippen molar-refractivity contribution in [2.45, 2.75) is 31.0 Å². The Bertz CT molecular complexity index is 767. The van der Waals surface area contributed by atoms with Crippen LogP contribution < -0.4 is 0 Å². The van der Waals surface area contributed by atoms with Crippen LogP contribution in [0.2, 0.25) is 0 Å². The lowest BCUT2D eigenvalue weighted by Gasteiger charge is -2.27. The quantitative estimate of drug-likeness (QED) is 0.751. The van der Waals surface area contributed by atoms with Crippen LogP contribution in [0.1, 0.15) is 30.2 Å². The van der Waals surface area contributed by atoms with Crippen LogP contribution in [-0.2, 0) is 6.42 Å². The predicted molar refractivity (Wildman–Crippen MR) is 98.6 cm³/mol. The maximum absolute atomic E-state index is 13.1. The van der Waals surface area contributed by atoms with Gasteiger partial charge in [0.05, 0.1) is 17.5 Å². The molecule has 27 heavy (non-hydrogen) atoms. The summed E-state index contributed by atoms with van der Waals surface area (Å²) in [7, 11) is 0. The Kier molecular flexibility index (Phi) is 4.88. The number of aromatic hydroxyl groups is 1. The van der Waals surface area contributed by atoms with Gasteiger partial charge in [-0.25, -0.2) is 4.39 Å². The Hall–Kier alpha value is -2.02. The van der Waals surface area contributed by atoms with Gasteiger partial charge in [-0.2, -0.15) is 0 Å². The molecule has 0 spiro atoms. The second-order valence-corrected chi connectivity index (χ2v) is 8.13. The molecule has 1 aliphatic carbocycles. The zero-order chi connectivity index (χ0) is 19.0. The summed E-state index contributed by atoms with van der Waals surface area (Å²) in [6, 6.07) is 9.53. The standard InChI is InChI=1S/C21H25FN2O3/c22-17-3-1-14(2-4-17)7-21(27)8-15-11-24(12-16(15)9-21)13-20(26)19-6-5-18(25)10-23-19/h1-6,10,15-16,20,25-27H,7-9,11-13H2/t15-,16?,20?,21?/m1/s1. The van der Waals surface area contributed by atoms with Gasteiger partial charge in [0, 0.05) is 26.1 Å². The molecule has 3 N–H and O–H groups in total. The molecule has 1 saturated carbocycles. The van der Waals surface area contributed by atoms with E-state index >= 15 is 0 Å². The van der Waals surface area contributed by atoms with Crippen LogP contribution >= 0.6 is 0 Å². The normalized spacial score (nSPS) is 29.0. The Morgan fingerprint density at radius 3 is 2.37 bits per heavy atom. The molecule has 144 valence electrons. The zero-order valence-electron chi connectivity index (χ0n) is 15.1. The molecule has 5 nitrogen and oxygen atoms in total. The SMILES string of the molecule is Oc1ccc(C(O)CN2CC3CC(O)(Cc4ccc(F)cc4)C[C@@H]3C2)nc1. The summed E-state index contributed by atoms with van der Waals surface area (Å²) in [6.07, 6.45) is 2.67. The van der Waals surface area contributed by atoms with Gasteiger partial charge in [-0.05, 0) is 54.5 Å². The van der Waals surface area contributed by atoms with Gasteiger partial charge in [-0.15, -0.1) is 0 Å². The molecule has 3 unspecified atom stereocenters. The maximum atomic E-state index is 13.1. The van der Waals surface area contributed by atoms with Gasteiger partial charge < -0.3 is 15.3 Å². The van der Waals surface area contributed by atoms with Gasteiger partial charge in [0.1, 0.15) is 17.7 Å². The number of fused-ring (bicyclic) bond motifs is 1. The van der Waals surface area contributed by atoms with Crippen LogP contribution in [-0.4, -0.2) is 50.4 Å². The van der Waals surface area contributed by atoms with E-state index in [9.17, 15) is 19.7 Å². The molecule has 0 bridgehead atoms. The molecule has 1 aromatic carbocycles. The number of hydrogen-bond donors (Lipinski definition) is 3. The number of benzene rings is 1. The number of aromatic nitrogens is 1. The van der Waals surface area contributed by atoms with Gasteiger partial charge in [0.2, 0.25) is 0 Å². The third kappa shape index (κ3) is 4.13. The van der Waals surface area contributed by atoms with Crippen LogP contribution in [0.25, 0.3) is 0 Å². The summed E-state index contributed by atoms with van der Waals surface area (Å²) in [5.74, 6) is 0.652. The number of halogens is 1. The number of β-amino-alcohol motifs (C(OH)–C–C–N with tert-alkyl or cyclic N) is 1. The number of hydrogen-bond acceptors (Lipinski definition) is 5. The van der Waals surface area contributed by atoms with Crippen molar-refractivity contribution >= 4 is 0 Å². The van der Waals surface area contributed by atoms with Crippen molar-refractivity contribution in [3.63, 3.8) is 0 Å². The van der Waals surface area contributed by atoms with E-state index in [1.165, 1.54) is 24.4 Å². The second kappa shape index (κ2) is 7.19. The number of likely N-dealkylation sites (tertiary alicyclic amines) is 1. The molecule has 2 fully saturated rings. The number of aliphatic hydroxyl groups excluding tert-OH is 1. The first-order valence-electron chi connectivity index (χ1n) is 9.42. The smallest absolute Gasteiger partial charge is 0.133 e. The molecule has 4 rings (SSSR count). The van der Waals surface area contributed by atoms with Crippen LogP contribution in [0.15, 0.2) is 42.6 Å². The fraction of sp³-hybridized carbons (Fsp3) is 0.476. The molecule has 0 amide bonds. The van der Waals surface area contributed by atoms with E-state index < -0.39 is 11.7 Å². The highest BCUT2D eigenvalue weighted by atomic mass is 19.1. The Labute approximate surface area is 158 Å². The van der Waals surface area contributed by atoms with Crippen molar-refractivity contribution in [1.82, 2.24) is 9.88 Å². The molecular weight excluding hydrogens is 347 g/mol. The predicted octanol–water partition coefficient (Wildman–Crippen LogP) is 2.28. The van der Waals surface area contributed by atoms with Crippen molar-refractivity contribution in [1.29, 1.82) is 0 Å². The van der Waals surface area contributed by atoms with Crippen molar-refractivity contribution in [2.24, 2.45) is 11.8 Å². The summed E-state index contributed by atoms with van der Waals surface area (Å²) in [5, 5.41) is 30.7. The van der Waals surface area contributed by atoms with Gasteiger partial charge in [-0.3, -0.25) is 9.88 Å². The maximum Gasteiger partial charge on any atom is 0.133 e. The zero-order valence-corrected chi connectivity index (χ0v) is 15.1. The molecule has 4 atom stereocenters. The topological polar surface area (TPSA) is 76.8 Å². The number of rotatable bonds is 5. The highest BCUT2D eigenvalue weighted by Crippen LogP contribution is 2.45. The summed E-state index contributed by atoms with van der Waals surface area (Å²) in [4.78, 5) is 6.30. The van der Waals surface area contributed by atoms with Crippen molar-refractivity contribution < 1.29 is 19.7 Å². The fourth-order valence-corrected chi connectivity index (χ4v) is 4.77. The molecule has 1 aliphatic heterocycles. The molecule has 2 heterocycles. The molecule has 0 radical (unpaired) electrons. The number of nitrogens with zero attached hydrogens (tertiary/aromatic N) is 2. The minimum Gasteiger partial charge on any atom is -0.506 e. The van der Waals surface area contributed by atoms with Gasteiger partial charge in [0.15, 0.2) is 0 Å². The highest BCUT2D eigenvalue weighted by molar-refractivity contribution is 5.20. The third-order valence-electron chi connectivity index (χ3n) is 5.93. The number of pyridine rings is 1. The first kappa shape index (κ1) is 18.3. The fourth-order valence-electron chi connectivity index (χ4n) is 4.77. The van der Waals surface area contributed by atoms with E-state index in [1.54, 1.807) is 18.2 Å². The summed E-state index contributed by atoms with van der Waals surface area (Å²) >= 11 is 0. The molecule has 6 heteroatoms. The van der Waals surface area contributed by atoms with E-state index in [-0.39, 0.29) is 11.6 Å². The van der Waals surface area contributed by atoms with Crippen molar-refractivity contribution in [3.8, 4) is 5.75 Å². The van der Waals surface area contributed by atoms with Crippen LogP contribution in [0.4, 0.5) is 4.39 Å². The summed E-state index contributed by atoms with van der Waals surface area (Å²) in [6.45, 7) is 2.21. The van der Waals surface area contributed by atoms with E-state index in [2.05, 4.69) is 9.88 Å². The van der Waals surface area contributed by atoms with Crippen molar-refractivity contribution in [3.05, 3.63) is 59.7 Å².